The molecule has 0 bridgehead atoms. The highest BCUT2D eigenvalue weighted by Crippen LogP contribution is 2.25. The largest absolute Gasteiger partial charge is 0.481 e. The molecule has 0 radical (unpaired) electrons. The molecule has 2 rings (SSSR count). The minimum absolute atomic E-state index is 0. The van der Waals surface area contributed by atoms with Crippen LogP contribution in [0.4, 0.5) is 0 Å². The molecule has 6 nitrogen and oxygen atoms in total. The van der Waals surface area contributed by atoms with E-state index in [1.54, 1.807) is 6.92 Å². The molecule has 1 fully saturated rings. The number of amides is 2. The molecular formula is C22H36ClN3O3. The van der Waals surface area contributed by atoms with Gasteiger partial charge in [-0.1, -0.05) is 32.9 Å². The van der Waals surface area contributed by atoms with E-state index in [0.29, 0.717) is 31.8 Å². The highest BCUT2D eigenvalue weighted by molar-refractivity contribution is 5.85. The van der Waals surface area contributed by atoms with Crippen LogP contribution in [-0.2, 0) is 15.0 Å². The van der Waals surface area contributed by atoms with E-state index in [1.807, 2.05) is 29.2 Å². The van der Waals surface area contributed by atoms with Crippen LogP contribution in [0.25, 0.3) is 0 Å². The third-order valence-electron chi connectivity index (χ3n) is 5.20. The van der Waals surface area contributed by atoms with Crippen molar-refractivity contribution in [3.63, 3.8) is 0 Å². The molecular weight excluding hydrogens is 390 g/mol. The average molecular weight is 426 g/mol. The van der Waals surface area contributed by atoms with Crippen molar-refractivity contribution >= 4 is 24.2 Å². The lowest BCUT2D eigenvalue weighted by atomic mass is 9.87. The summed E-state index contributed by atoms with van der Waals surface area (Å²) in [6.45, 7) is 9.79. The summed E-state index contributed by atoms with van der Waals surface area (Å²) in [5.41, 5.74) is 6.72. The molecule has 2 amide bonds. The maximum atomic E-state index is 13.0. The standard InChI is InChI=1S/C22H35N3O3.ClH/c1-16(28-19-10-8-17(9-11-19)22(2,3)4)21(27)25-14-6-5-7-18(25)15-24-20(26)12-13-23;/h8-11,16,18H,5-7,12-15,23H2,1-4H3,(H,24,26);1H. The number of nitrogens with one attached hydrogen (secondary N) is 1. The molecule has 1 aromatic carbocycles. The third-order valence-corrected chi connectivity index (χ3v) is 5.20. The van der Waals surface area contributed by atoms with Crippen LogP contribution in [0.1, 0.15) is 58.9 Å². The molecule has 2 unspecified atom stereocenters. The number of piperidine rings is 1. The van der Waals surface area contributed by atoms with Gasteiger partial charge in [0.05, 0.1) is 0 Å². The van der Waals surface area contributed by atoms with Gasteiger partial charge in [-0.2, -0.15) is 0 Å². The van der Waals surface area contributed by atoms with Crippen LogP contribution in [-0.4, -0.2) is 48.5 Å². The van der Waals surface area contributed by atoms with Gasteiger partial charge in [-0.05, 0) is 49.3 Å². The molecule has 1 aliphatic heterocycles. The third kappa shape index (κ3) is 7.52. The summed E-state index contributed by atoms with van der Waals surface area (Å²) in [6.07, 6.45) is 2.67. The Hall–Kier alpha value is -1.79. The molecule has 1 aromatic rings. The highest BCUT2D eigenvalue weighted by Gasteiger charge is 2.30. The van der Waals surface area contributed by atoms with Gasteiger partial charge < -0.3 is 20.7 Å². The Labute approximate surface area is 181 Å². The molecule has 1 heterocycles. The smallest absolute Gasteiger partial charge is 0.263 e. The number of nitrogens with zero attached hydrogens (tertiary/aromatic N) is 1. The highest BCUT2D eigenvalue weighted by atomic mass is 35.5. The van der Waals surface area contributed by atoms with Crippen molar-refractivity contribution < 1.29 is 14.3 Å². The first-order chi connectivity index (χ1) is 13.2. The van der Waals surface area contributed by atoms with Gasteiger partial charge in [0.25, 0.3) is 5.91 Å². The fraction of sp³-hybridized carbons (Fsp3) is 0.636. The lowest BCUT2D eigenvalue weighted by molar-refractivity contribution is -0.142. The van der Waals surface area contributed by atoms with Gasteiger partial charge in [-0.15, -0.1) is 12.4 Å². The van der Waals surface area contributed by atoms with E-state index in [0.717, 1.165) is 19.3 Å². The zero-order chi connectivity index (χ0) is 20.7. The molecule has 1 aliphatic rings. The van der Waals surface area contributed by atoms with Crippen LogP contribution in [0.3, 0.4) is 0 Å². The van der Waals surface area contributed by atoms with Gasteiger partial charge in [0.1, 0.15) is 5.75 Å². The number of nitrogens with two attached hydrogens (primary N) is 1. The molecule has 1 saturated heterocycles. The second kappa shape index (κ2) is 11.4. The number of carbonyl (C=O) groups excluding carboxylic acids is 2. The summed E-state index contributed by atoms with van der Waals surface area (Å²) >= 11 is 0. The summed E-state index contributed by atoms with van der Waals surface area (Å²) in [5.74, 6) is 0.597. The van der Waals surface area contributed by atoms with E-state index in [1.165, 1.54) is 5.56 Å². The predicted molar refractivity (Wildman–Crippen MR) is 119 cm³/mol. The zero-order valence-electron chi connectivity index (χ0n) is 18.1. The van der Waals surface area contributed by atoms with Crippen LogP contribution in [0.2, 0.25) is 0 Å². The van der Waals surface area contributed by atoms with Gasteiger partial charge in [0, 0.05) is 32.1 Å². The van der Waals surface area contributed by atoms with Crippen molar-refractivity contribution in [3.8, 4) is 5.75 Å². The van der Waals surface area contributed by atoms with Crippen molar-refractivity contribution in [2.45, 2.75) is 70.9 Å². The second-order valence-corrected chi connectivity index (χ2v) is 8.56. The van der Waals surface area contributed by atoms with Crippen molar-refractivity contribution in [1.82, 2.24) is 10.2 Å². The molecule has 0 saturated carbocycles. The van der Waals surface area contributed by atoms with E-state index >= 15 is 0 Å². The molecule has 2 atom stereocenters. The number of rotatable bonds is 7. The van der Waals surface area contributed by atoms with Gasteiger partial charge in [-0.25, -0.2) is 0 Å². The summed E-state index contributed by atoms with van der Waals surface area (Å²) in [4.78, 5) is 26.6. The van der Waals surface area contributed by atoms with Crippen molar-refractivity contribution in [2.24, 2.45) is 5.73 Å². The Morgan fingerprint density at radius 2 is 1.90 bits per heavy atom. The lowest BCUT2D eigenvalue weighted by Gasteiger charge is -2.37. The minimum atomic E-state index is -0.569. The number of likely N-dealkylation sites (tertiary alicyclic amines) is 1. The van der Waals surface area contributed by atoms with Crippen LogP contribution in [0.15, 0.2) is 24.3 Å². The van der Waals surface area contributed by atoms with E-state index in [2.05, 4.69) is 26.1 Å². The predicted octanol–water partition coefficient (Wildman–Crippen LogP) is 3.02. The Bertz CT molecular complexity index is 658. The van der Waals surface area contributed by atoms with Gasteiger partial charge in [0.2, 0.25) is 5.91 Å². The molecule has 29 heavy (non-hydrogen) atoms. The van der Waals surface area contributed by atoms with Gasteiger partial charge in [0.15, 0.2) is 6.10 Å². The summed E-state index contributed by atoms with van der Waals surface area (Å²) < 4.78 is 5.91. The number of ether oxygens (including phenoxy) is 1. The molecule has 7 heteroatoms. The van der Waals surface area contributed by atoms with Crippen molar-refractivity contribution in [1.29, 1.82) is 0 Å². The maximum absolute atomic E-state index is 13.0. The quantitative estimate of drug-likeness (QED) is 0.703. The first kappa shape index (κ1) is 25.2. The molecule has 0 spiro atoms. The summed E-state index contributed by atoms with van der Waals surface area (Å²) in [5, 5.41) is 2.89. The Morgan fingerprint density at radius 1 is 1.24 bits per heavy atom. The van der Waals surface area contributed by atoms with Crippen LogP contribution >= 0.6 is 12.4 Å². The summed E-state index contributed by atoms with van der Waals surface area (Å²) in [6, 6.07) is 7.94. The maximum Gasteiger partial charge on any atom is 0.263 e. The number of hydrogen-bond acceptors (Lipinski definition) is 4. The normalized spacial score (nSPS) is 17.8. The summed E-state index contributed by atoms with van der Waals surface area (Å²) in [7, 11) is 0. The average Bonchev–Trinajstić information content (AvgIpc) is 2.66. The first-order valence-electron chi connectivity index (χ1n) is 10.3. The second-order valence-electron chi connectivity index (χ2n) is 8.56. The minimum Gasteiger partial charge on any atom is -0.481 e. The lowest BCUT2D eigenvalue weighted by Crippen LogP contribution is -2.52. The number of benzene rings is 1. The van der Waals surface area contributed by atoms with E-state index in [-0.39, 0.29) is 35.7 Å². The van der Waals surface area contributed by atoms with Crippen molar-refractivity contribution in [3.05, 3.63) is 29.8 Å². The Balaban J connectivity index is 0.00000420. The van der Waals surface area contributed by atoms with Crippen LogP contribution in [0, 0.1) is 0 Å². The number of hydrogen-bond donors (Lipinski definition) is 2. The molecule has 0 aromatic heterocycles. The van der Waals surface area contributed by atoms with E-state index in [9.17, 15) is 9.59 Å². The monoisotopic (exact) mass is 425 g/mol. The molecule has 0 aliphatic carbocycles. The van der Waals surface area contributed by atoms with Crippen LogP contribution < -0.4 is 15.8 Å². The van der Waals surface area contributed by atoms with Crippen molar-refractivity contribution in [2.75, 3.05) is 19.6 Å². The number of halogens is 1. The molecule has 3 N–H and O–H groups in total. The molecule has 164 valence electrons. The zero-order valence-corrected chi connectivity index (χ0v) is 18.9. The fourth-order valence-corrected chi connectivity index (χ4v) is 3.48. The van der Waals surface area contributed by atoms with Gasteiger partial charge >= 0.3 is 0 Å². The van der Waals surface area contributed by atoms with E-state index in [4.69, 9.17) is 10.5 Å². The Kier molecular flexibility index (Phi) is 9.93. The number of carbonyl (C=O) groups is 2. The SMILES string of the molecule is CC(Oc1ccc(C(C)(C)C)cc1)C(=O)N1CCCCC1CNC(=O)CCN.Cl. The fourth-order valence-electron chi connectivity index (χ4n) is 3.48. The van der Waals surface area contributed by atoms with Crippen LogP contribution in [0.5, 0.6) is 5.75 Å². The first-order valence-corrected chi connectivity index (χ1v) is 10.3. The topological polar surface area (TPSA) is 84.7 Å². The van der Waals surface area contributed by atoms with E-state index < -0.39 is 6.10 Å². The van der Waals surface area contributed by atoms with Gasteiger partial charge in [-0.3, -0.25) is 9.59 Å². The Morgan fingerprint density at radius 3 is 2.48 bits per heavy atom.